The molecule has 0 aliphatic carbocycles. The summed E-state index contributed by atoms with van der Waals surface area (Å²) < 4.78 is 18.5. The number of halogens is 1. The molecule has 0 spiro atoms. The monoisotopic (exact) mass is 300 g/mol. The normalized spacial score (nSPS) is 17.8. The first-order chi connectivity index (χ1) is 10.6. The van der Waals surface area contributed by atoms with Crippen LogP contribution in [-0.4, -0.2) is 18.5 Å². The van der Waals surface area contributed by atoms with Crippen molar-refractivity contribution in [3.05, 3.63) is 59.9 Å². The van der Waals surface area contributed by atoms with Gasteiger partial charge in [-0.05, 0) is 48.4 Å². The molecule has 2 aromatic carbocycles. The van der Waals surface area contributed by atoms with E-state index >= 15 is 0 Å². The molecular weight excluding hydrogens is 283 g/mol. The van der Waals surface area contributed by atoms with Crippen molar-refractivity contribution in [3.63, 3.8) is 0 Å². The van der Waals surface area contributed by atoms with E-state index in [1.165, 1.54) is 12.1 Å². The van der Waals surface area contributed by atoms with Gasteiger partial charge >= 0.3 is 0 Å². The average Bonchev–Trinajstić information content (AvgIpc) is 2.87. The number of carbonyl (C=O) groups is 1. The van der Waals surface area contributed by atoms with Crippen molar-refractivity contribution in [2.75, 3.05) is 11.4 Å². The second-order valence-corrected chi connectivity index (χ2v) is 5.29. The number of hydrogen-bond donors (Lipinski definition) is 1. The molecule has 3 rings (SSSR count). The molecule has 2 aromatic rings. The quantitative estimate of drug-likeness (QED) is 0.943. The Morgan fingerprint density at radius 2 is 1.82 bits per heavy atom. The maximum absolute atomic E-state index is 12.8. The zero-order valence-electron chi connectivity index (χ0n) is 12.0. The lowest BCUT2D eigenvalue weighted by molar-refractivity contribution is -0.118. The van der Waals surface area contributed by atoms with Gasteiger partial charge in [0.2, 0.25) is 5.91 Å². The number of benzene rings is 2. The highest BCUT2D eigenvalue weighted by Gasteiger charge is 2.29. The van der Waals surface area contributed by atoms with E-state index in [-0.39, 0.29) is 11.7 Å². The molecule has 2 N–H and O–H groups in total. The van der Waals surface area contributed by atoms with Gasteiger partial charge in [0, 0.05) is 12.2 Å². The summed E-state index contributed by atoms with van der Waals surface area (Å²) >= 11 is 0. The van der Waals surface area contributed by atoms with Gasteiger partial charge in [-0.2, -0.15) is 0 Å². The minimum atomic E-state index is -0.394. The minimum absolute atomic E-state index is 0.0417. The van der Waals surface area contributed by atoms with E-state index in [4.69, 9.17) is 10.5 Å². The summed E-state index contributed by atoms with van der Waals surface area (Å²) in [5.74, 6) is 0.394. The fourth-order valence-electron chi connectivity index (χ4n) is 2.43. The lowest BCUT2D eigenvalue weighted by Gasteiger charge is -2.16. The first-order valence-electron chi connectivity index (χ1n) is 7.18. The van der Waals surface area contributed by atoms with E-state index in [1.54, 1.807) is 17.0 Å². The molecule has 0 bridgehead atoms. The Bertz CT molecular complexity index is 655. The van der Waals surface area contributed by atoms with E-state index in [9.17, 15) is 9.18 Å². The summed E-state index contributed by atoms with van der Waals surface area (Å²) in [6, 6.07) is 13.1. The van der Waals surface area contributed by atoms with Crippen LogP contribution in [-0.2, 0) is 11.4 Å². The van der Waals surface area contributed by atoms with Gasteiger partial charge in [0.1, 0.15) is 18.2 Å². The van der Waals surface area contributed by atoms with Crippen LogP contribution in [0.15, 0.2) is 48.5 Å². The smallest absolute Gasteiger partial charge is 0.243 e. The van der Waals surface area contributed by atoms with Crippen LogP contribution in [0.25, 0.3) is 0 Å². The van der Waals surface area contributed by atoms with Gasteiger partial charge in [0.15, 0.2) is 0 Å². The van der Waals surface area contributed by atoms with E-state index in [2.05, 4.69) is 0 Å². The van der Waals surface area contributed by atoms with Crippen molar-refractivity contribution in [3.8, 4) is 5.75 Å². The number of ether oxygens (including phenoxy) is 1. The zero-order valence-corrected chi connectivity index (χ0v) is 12.0. The Morgan fingerprint density at radius 1 is 1.14 bits per heavy atom. The van der Waals surface area contributed by atoms with Crippen LogP contribution in [0, 0.1) is 5.82 Å². The van der Waals surface area contributed by atoms with E-state index < -0.39 is 6.04 Å². The molecule has 4 nitrogen and oxygen atoms in total. The molecule has 0 saturated carbocycles. The van der Waals surface area contributed by atoms with Crippen LogP contribution in [0.4, 0.5) is 10.1 Å². The van der Waals surface area contributed by atoms with Gasteiger partial charge in [0.25, 0.3) is 0 Å². The standard InChI is InChI=1S/C17H17FN2O2/c18-13-3-1-12(2-4-13)11-22-15-7-5-14(6-8-15)20-10-9-16(19)17(20)21/h1-8,16H,9-11,19H2. The molecule has 1 unspecified atom stereocenters. The van der Waals surface area contributed by atoms with Crippen molar-refractivity contribution >= 4 is 11.6 Å². The Morgan fingerprint density at radius 3 is 2.41 bits per heavy atom. The Hall–Kier alpha value is -2.40. The highest BCUT2D eigenvalue weighted by molar-refractivity contribution is 5.99. The van der Waals surface area contributed by atoms with Gasteiger partial charge < -0.3 is 15.4 Å². The first-order valence-corrected chi connectivity index (χ1v) is 7.18. The maximum Gasteiger partial charge on any atom is 0.243 e. The van der Waals surface area contributed by atoms with Crippen molar-refractivity contribution in [1.29, 1.82) is 0 Å². The summed E-state index contributed by atoms with van der Waals surface area (Å²) in [6.07, 6.45) is 0.682. The number of carbonyl (C=O) groups excluding carboxylic acids is 1. The molecule has 1 aliphatic rings. The lowest BCUT2D eigenvalue weighted by atomic mass is 10.2. The van der Waals surface area contributed by atoms with Gasteiger partial charge in [-0.15, -0.1) is 0 Å². The number of nitrogens with two attached hydrogens (primary N) is 1. The molecule has 1 atom stereocenters. The van der Waals surface area contributed by atoms with E-state index in [0.29, 0.717) is 25.3 Å². The summed E-state index contributed by atoms with van der Waals surface area (Å²) in [6.45, 7) is 1.02. The number of anilines is 1. The fraction of sp³-hybridized carbons (Fsp3) is 0.235. The van der Waals surface area contributed by atoms with Crippen LogP contribution < -0.4 is 15.4 Å². The predicted molar refractivity (Wildman–Crippen MR) is 82.1 cm³/mol. The molecular formula is C17H17FN2O2. The molecule has 1 saturated heterocycles. The molecule has 1 amide bonds. The molecule has 0 radical (unpaired) electrons. The predicted octanol–water partition coefficient (Wildman–Crippen LogP) is 2.47. The van der Waals surface area contributed by atoms with Crippen LogP contribution in [0.1, 0.15) is 12.0 Å². The van der Waals surface area contributed by atoms with Crippen molar-refractivity contribution in [2.45, 2.75) is 19.1 Å². The zero-order chi connectivity index (χ0) is 15.5. The number of amides is 1. The van der Waals surface area contributed by atoms with Crippen LogP contribution in [0.2, 0.25) is 0 Å². The Kier molecular flexibility index (Phi) is 4.06. The van der Waals surface area contributed by atoms with Crippen LogP contribution >= 0.6 is 0 Å². The number of nitrogens with zero attached hydrogens (tertiary/aromatic N) is 1. The highest BCUT2D eigenvalue weighted by atomic mass is 19.1. The SMILES string of the molecule is NC1CCN(c2ccc(OCc3ccc(F)cc3)cc2)C1=O. The van der Waals surface area contributed by atoms with Gasteiger partial charge in [-0.25, -0.2) is 4.39 Å². The largest absolute Gasteiger partial charge is 0.489 e. The van der Waals surface area contributed by atoms with Crippen LogP contribution in [0.3, 0.4) is 0 Å². The Balaban J connectivity index is 1.62. The third kappa shape index (κ3) is 3.09. The topological polar surface area (TPSA) is 55.6 Å². The summed E-state index contributed by atoms with van der Waals surface area (Å²) in [7, 11) is 0. The maximum atomic E-state index is 12.8. The second-order valence-electron chi connectivity index (χ2n) is 5.29. The second kappa shape index (κ2) is 6.15. The molecule has 1 fully saturated rings. The van der Waals surface area contributed by atoms with Gasteiger partial charge in [0.05, 0.1) is 6.04 Å². The van der Waals surface area contributed by atoms with E-state index in [1.807, 2.05) is 24.3 Å². The van der Waals surface area contributed by atoms with Gasteiger partial charge in [-0.1, -0.05) is 12.1 Å². The van der Waals surface area contributed by atoms with E-state index in [0.717, 1.165) is 11.3 Å². The molecule has 5 heteroatoms. The third-order valence-corrected chi connectivity index (χ3v) is 3.71. The molecule has 0 aromatic heterocycles. The van der Waals surface area contributed by atoms with Crippen molar-refractivity contribution in [1.82, 2.24) is 0 Å². The van der Waals surface area contributed by atoms with Gasteiger partial charge in [-0.3, -0.25) is 4.79 Å². The average molecular weight is 300 g/mol. The molecule has 22 heavy (non-hydrogen) atoms. The lowest BCUT2D eigenvalue weighted by Crippen LogP contribution is -2.33. The number of hydrogen-bond acceptors (Lipinski definition) is 3. The van der Waals surface area contributed by atoms with Crippen molar-refractivity contribution < 1.29 is 13.9 Å². The first kappa shape index (κ1) is 14.5. The summed E-state index contributed by atoms with van der Waals surface area (Å²) in [5, 5.41) is 0. The summed E-state index contributed by atoms with van der Waals surface area (Å²) in [4.78, 5) is 13.6. The Labute approximate surface area is 128 Å². The highest BCUT2D eigenvalue weighted by Crippen LogP contribution is 2.24. The molecule has 114 valence electrons. The van der Waals surface area contributed by atoms with Crippen LogP contribution in [0.5, 0.6) is 5.75 Å². The number of rotatable bonds is 4. The third-order valence-electron chi connectivity index (χ3n) is 3.71. The summed E-state index contributed by atoms with van der Waals surface area (Å²) in [5.41, 5.74) is 7.44. The molecule has 1 heterocycles. The van der Waals surface area contributed by atoms with Crippen molar-refractivity contribution in [2.24, 2.45) is 5.73 Å². The minimum Gasteiger partial charge on any atom is -0.489 e. The fourth-order valence-corrected chi connectivity index (χ4v) is 2.43. The molecule has 1 aliphatic heterocycles.